The molecule has 0 aromatic heterocycles. The van der Waals surface area contributed by atoms with Crippen molar-refractivity contribution in [1.82, 2.24) is 9.62 Å². The maximum Gasteiger partial charge on any atom is 0.254 e. The number of benzene rings is 2. The fraction of sp³-hybridized carbons (Fsp3) is 0.350. The number of sulfonamides is 1. The van der Waals surface area contributed by atoms with Crippen molar-refractivity contribution in [1.29, 1.82) is 0 Å². The highest BCUT2D eigenvalue weighted by molar-refractivity contribution is 7.89. The normalized spacial score (nSPS) is 15.4. The zero-order chi connectivity index (χ0) is 20.1. The van der Waals surface area contributed by atoms with Crippen LogP contribution in [-0.2, 0) is 10.0 Å². The summed E-state index contributed by atoms with van der Waals surface area (Å²) >= 11 is 4.34. The van der Waals surface area contributed by atoms with Crippen LogP contribution in [-0.4, -0.2) is 45.0 Å². The number of hydrogen-bond acceptors (Lipinski definition) is 5. The molecule has 1 N–H and O–H groups in total. The monoisotopic (exact) mass is 420 g/mol. The number of rotatable bonds is 6. The number of amides is 1. The van der Waals surface area contributed by atoms with Crippen LogP contribution >= 0.6 is 12.6 Å². The number of likely N-dealkylation sites (tertiary alicyclic amines) is 1. The van der Waals surface area contributed by atoms with Crippen LogP contribution in [0.4, 0.5) is 0 Å². The number of nitrogens with one attached hydrogen (secondary N) is 1. The Hall–Kier alpha value is -2.03. The van der Waals surface area contributed by atoms with Crippen molar-refractivity contribution < 1.29 is 17.9 Å². The van der Waals surface area contributed by atoms with Gasteiger partial charge in [-0.05, 0) is 56.2 Å². The first kappa shape index (κ1) is 20.7. The van der Waals surface area contributed by atoms with Crippen molar-refractivity contribution in [3.05, 3.63) is 54.1 Å². The van der Waals surface area contributed by atoms with E-state index in [2.05, 4.69) is 17.4 Å². The highest BCUT2D eigenvalue weighted by atomic mass is 32.2. The van der Waals surface area contributed by atoms with Crippen LogP contribution in [0.1, 0.15) is 30.1 Å². The Bertz CT molecular complexity index is 921. The number of carbonyl (C=O) groups excluding carboxylic acids is 1. The van der Waals surface area contributed by atoms with Crippen molar-refractivity contribution in [3.63, 3.8) is 0 Å². The van der Waals surface area contributed by atoms with Crippen LogP contribution in [0.5, 0.6) is 5.75 Å². The molecule has 8 heteroatoms. The van der Waals surface area contributed by atoms with Gasteiger partial charge in [0.15, 0.2) is 0 Å². The molecule has 1 heterocycles. The largest absolute Gasteiger partial charge is 0.494 e. The van der Waals surface area contributed by atoms with E-state index in [0.29, 0.717) is 48.7 Å². The van der Waals surface area contributed by atoms with Crippen LogP contribution < -0.4 is 9.46 Å². The molecule has 3 rings (SSSR count). The first-order chi connectivity index (χ1) is 13.4. The minimum absolute atomic E-state index is 0.0709. The van der Waals surface area contributed by atoms with Gasteiger partial charge in [0.1, 0.15) is 5.75 Å². The van der Waals surface area contributed by atoms with Crippen LogP contribution in [0.2, 0.25) is 0 Å². The van der Waals surface area contributed by atoms with E-state index in [-0.39, 0.29) is 16.8 Å². The molecule has 1 saturated heterocycles. The van der Waals surface area contributed by atoms with Crippen molar-refractivity contribution in [2.45, 2.75) is 35.6 Å². The van der Waals surface area contributed by atoms with Crippen LogP contribution in [0, 0.1) is 0 Å². The number of thiol groups is 1. The summed E-state index contributed by atoms with van der Waals surface area (Å²) in [5, 5.41) is 0. The zero-order valence-corrected chi connectivity index (χ0v) is 17.4. The molecule has 0 spiro atoms. The third-order valence-corrected chi connectivity index (χ3v) is 6.61. The number of piperidine rings is 1. The van der Waals surface area contributed by atoms with E-state index >= 15 is 0 Å². The molecule has 0 radical (unpaired) electrons. The van der Waals surface area contributed by atoms with E-state index in [1.807, 2.05) is 19.1 Å². The second kappa shape index (κ2) is 8.98. The Kier molecular flexibility index (Phi) is 6.64. The van der Waals surface area contributed by atoms with Gasteiger partial charge in [-0.15, -0.1) is 12.6 Å². The summed E-state index contributed by atoms with van der Waals surface area (Å²) < 4.78 is 33.3. The average Bonchev–Trinajstić information content (AvgIpc) is 2.69. The first-order valence-electron chi connectivity index (χ1n) is 9.23. The highest BCUT2D eigenvalue weighted by Gasteiger charge is 2.27. The lowest BCUT2D eigenvalue weighted by Crippen LogP contribution is -2.46. The van der Waals surface area contributed by atoms with E-state index in [0.717, 1.165) is 0 Å². The Morgan fingerprint density at radius 3 is 2.39 bits per heavy atom. The fourth-order valence-electron chi connectivity index (χ4n) is 3.19. The molecule has 150 valence electrons. The predicted octanol–water partition coefficient (Wildman–Crippen LogP) is 2.96. The van der Waals surface area contributed by atoms with Gasteiger partial charge in [0.25, 0.3) is 5.91 Å². The summed E-state index contributed by atoms with van der Waals surface area (Å²) in [5.74, 6) is 0.566. The van der Waals surface area contributed by atoms with Crippen molar-refractivity contribution >= 4 is 28.6 Å². The third kappa shape index (κ3) is 4.87. The number of carbonyl (C=O) groups is 1. The summed E-state index contributed by atoms with van der Waals surface area (Å²) in [7, 11) is -3.61. The summed E-state index contributed by atoms with van der Waals surface area (Å²) in [6.07, 6.45) is 1.13. The lowest BCUT2D eigenvalue weighted by atomic mass is 10.0. The minimum Gasteiger partial charge on any atom is -0.494 e. The lowest BCUT2D eigenvalue weighted by molar-refractivity contribution is 0.0708. The van der Waals surface area contributed by atoms with Crippen molar-refractivity contribution in [2.75, 3.05) is 19.7 Å². The molecule has 0 bridgehead atoms. The molecule has 1 amide bonds. The topological polar surface area (TPSA) is 75.7 Å². The zero-order valence-electron chi connectivity index (χ0n) is 15.7. The molecule has 2 aromatic rings. The van der Waals surface area contributed by atoms with Gasteiger partial charge in [-0.2, -0.15) is 0 Å². The summed E-state index contributed by atoms with van der Waals surface area (Å²) in [6.45, 7) is 3.40. The van der Waals surface area contributed by atoms with E-state index < -0.39 is 10.0 Å². The van der Waals surface area contributed by atoms with Gasteiger partial charge in [0.05, 0.1) is 17.1 Å². The molecule has 1 aliphatic rings. The fourth-order valence-corrected chi connectivity index (χ4v) is 4.76. The van der Waals surface area contributed by atoms with E-state index in [9.17, 15) is 13.2 Å². The quantitative estimate of drug-likeness (QED) is 0.705. The third-order valence-electron chi connectivity index (χ3n) is 4.68. The van der Waals surface area contributed by atoms with Gasteiger partial charge in [-0.1, -0.05) is 12.1 Å². The Balaban J connectivity index is 1.59. The van der Waals surface area contributed by atoms with Gasteiger partial charge in [-0.25, -0.2) is 13.1 Å². The van der Waals surface area contributed by atoms with Crippen molar-refractivity contribution in [3.8, 4) is 5.75 Å². The van der Waals surface area contributed by atoms with Gasteiger partial charge >= 0.3 is 0 Å². The number of hydrogen-bond donors (Lipinski definition) is 2. The van der Waals surface area contributed by atoms with Crippen LogP contribution in [0.15, 0.2) is 58.3 Å². The Labute approximate surface area is 171 Å². The molecule has 28 heavy (non-hydrogen) atoms. The first-order valence-corrected chi connectivity index (χ1v) is 11.2. The molecular weight excluding hydrogens is 396 g/mol. The maximum absolute atomic E-state index is 12.6. The highest BCUT2D eigenvalue weighted by Crippen LogP contribution is 2.21. The van der Waals surface area contributed by atoms with Crippen molar-refractivity contribution in [2.24, 2.45) is 0 Å². The smallest absolute Gasteiger partial charge is 0.254 e. The lowest BCUT2D eigenvalue weighted by Gasteiger charge is -2.32. The molecule has 2 aromatic carbocycles. The maximum atomic E-state index is 12.6. The van der Waals surface area contributed by atoms with Crippen LogP contribution in [0.3, 0.4) is 0 Å². The molecule has 0 saturated carbocycles. The SMILES string of the molecule is CCOc1ccc(S(=O)(=O)NC2CCN(C(=O)c3ccccc3S)CC2)cc1. The molecular formula is C20H24N2O4S2. The average molecular weight is 421 g/mol. The number of nitrogens with zero attached hydrogens (tertiary/aromatic N) is 1. The molecule has 6 nitrogen and oxygen atoms in total. The molecule has 0 atom stereocenters. The number of ether oxygens (including phenoxy) is 1. The van der Waals surface area contributed by atoms with Gasteiger partial charge < -0.3 is 9.64 Å². The standard InChI is InChI=1S/C20H24N2O4S2/c1-2-26-16-7-9-17(10-8-16)28(24,25)21-15-11-13-22(14-12-15)20(23)18-5-3-4-6-19(18)27/h3-10,15,21,27H,2,11-14H2,1H3. The van der Waals surface area contributed by atoms with E-state index in [1.54, 1.807) is 29.2 Å². The molecule has 1 fully saturated rings. The van der Waals surface area contributed by atoms with E-state index in [1.165, 1.54) is 12.1 Å². The second-order valence-corrected chi connectivity index (χ2v) is 8.81. The van der Waals surface area contributed by atoms with Crippen LogP contribution in [0.25, 0.3) is 0 Å². The Morgan fingerprint density at radius 2 is 1.79 bits per heavy atom. The van der Waals surface area contributed by atoms with E-state index in [4.69, 9.17) is 4.74 Å². The second-order valence-electron chi connectivity index (χ2n) is 6.61. The minimum atomic E-state index is -3.61. The summed E-state index contributed by atoms with van der Waals surface area (Å²) in [6, 6.07) is 13.4. The summed E-state index contributed by atoms with van der Waals surface area (Å²) in [5.41, 5.74) is 0.569. The molecule has 0 aliphatic carbocycles. The molecule has 0 unspecified atom stereocenters. The van der Waals surface area contributed by atoms with Gasteiger partial charge in [-0.3, -0.25) is 4.79 Å². The summed E-state index contributed by atoms with van der Waals surface area (Å²) in [4.78, 5) is 15.2. The Morgan fingerprint density at radius 1 is 1.14 bits per heavy atom. The molecule has 1 aliphatic heterocycles. The van der Waals surface area contributed by atoms with Gasteiger partial charge in [0.2, 0.25) is 10.0 Å². The predicted molar refractivity (Wildman–Crippen MR) is 111 cm³/mol. The van der Waals surface area contributed by atoms with Gasteiger partial charge in [0, 0.05) is 24.0 Å².